The molecule has 0 amide bonds. The molecule has 0 saturated carbocycles. The molecule has 2 aromatic heterocycles. The molecule has 0 unspecified atom stereocenters. The fourth-order valence-corrected chi connectivity index (χ4v) is 5.71. The van der Waals surface area contributed by atoms with Gasteiger partial charge in [0.1, 0.15) is 5.65 Å². The van der Waals surface area contributed by atoms with Crippen LogP contribution in [0.2, 0.25) is 0 Å². The summed E-state index contributed by atoms with van der Waals surface area (Å²) in [7, 11) is -2.84. The highest BCUT2D eigenvalue weighted by Crippen LogP contribution is 2.28. The van der Waals surface area contributed by atoms with E-state index < -0.39 is 9.84 Å². The van der Waals surface area contributed by atoms with E-state index >= 15 is 0 Å². The zero-order chi connectivity index (χ0) is 22.8. The fraction of sp³-hybridized carbons (Fsp3) is 0.269. The van der Waals surface area contributed by atoms with E-state index in [0.29, 0.717) is 13.1 Å². The van der Waals surface area contributed by atoms with Crippen molar-refractivity contribution in [3.05, 3.63) is 78.5 Å². The lowest BCUT2D eigenvalue weighted by Crippen LogP contribution is -2.40. The van der Waals surface area contributed by atoms with E-state index in [2.05, 4.69) is 39.9 Å². The molecule has 2 aromatic carbocycles. The monoisotopic (exact) mass is 460 g/mol. The third kappa shape index (κ3) is 4.79. The molecule has 1 aliphatic heterocycles. The predicted molar refractivity (Wildman–Crippen MR) is 134 cm³/mol. The number of nitrogens with zero attached hydrogens (tertiary/aromatic N) is 3. The van der Waals surface area contributed by atoms with E-state index in [1.165, 1.54) is 5.56 Å². The average molecular weight is 461 g/mol. The number of benzene rings is 2. The molecule has 170 valence electrons. The molecule has 1 aliphatic rings. The lowest BCUT2D eigenvalue weighted by atomic mass is 10.1. The number of anilines is 1. The van der Waals surface area contributed by atoms with Gasteiger partial charge in [-0.2, -0.15) is 0 Å². The summed E-state index contributed by atoms with van der Waals surface area (Å²) in [6.07, 6.45) is 4.09. The molecule has 1 fully saturated rings. The first-order valence-electron chi connectivity index (χ1n) is 11.3. The van der Waals surface area contributed by atoms with Crippen LogP contribution in [0.3, 0.4) is 0 Å². The van der Waals surface area contributed by atoms with Crippen molar-refractivity contribution in [2.75, 3.05) is 36.9 Å². The number of fused-ring (bicyclic) bond motifs is 1. The van der Waals surface area contributed by atoms with Gasteiger partial charge in [0.2, 0.25) is 0 Å². The van der Waals surface area contributed by atoms with Crippen molar-refractivity contribution >= 4 is 26.6 Å². The number of rotatable bonds is 6. The summed E-state index contributed by atoms with van der Waals surface area (Å²) in [4.78, 5) is 7.29. The molecule has 0 atom stereocenters. The normalized spacial score (nSPS) is 16.2. The van der Waals surface area contributed by atoms with E-state index in [0.717, 1.165) is 53.1 Å². The van der Waals surface area contributed by atoms with Gasteiger partial charge in [-0.15, -0.1) is 0 Å². The molecular formula is C26H28N4O2S. The Labute approximate surface area is 194 Å². The van der Waals surface area contributed by atoms with Gasteiger partial charge in [0.15, 0.2) is 9.84 Å². The predicted octanol–water partition coefficient (Wildman–Crippen LogP) is 3.94. The van der Waals surface area contributed by atoms with E-state index in [9.17, 15) is 8.42 Å². The molecule has 0 spiro atoms. The number of nitrogen functional groups attached to an aromatic ring is 1. The third-order valence-electron chi connectivity index (χ3n) is 6.33. The van der Waals surface area contributed by atoms with Crippen LogP contribution in [0, 0.1) is 0 Å². The molecule has 0 bridgehead atoms. The van der Waals surface area contributed by atoms with Crippen LogP contribution >= 0.6 is 0 Å². The summed E-state index contributed by atoms with van der Waals surface area (Å²) in [5.41, 5.74) is 11.8. The Balaban J connectivity index is 1.43. The Hall–Kier alpha value is -3.16. The Morgan fingerprint density at radius 3 is 2.36 bits per heavy atom. The highest BCUT2D eigenvalue weighted by atomic mass is 32.2. The van der Waals surface area contributed by atoms with Crippen LogP contribution in [0.15, 0.2) is 72.9 Å². The van der Waals surface area contributed by atoms with Crippen LogP contribution in [0.5, 0.6) is 0 Å². The van der Waals surface area contributed by atoms with Gasteiger partial charge in [0.05, 0.1) is 17.2 Å². The summed E-state index contributed by atoms with van der Waals surface area (Å²) < 4.78 is 25.5. The molecule has 33 heavy (non-hydrogen) atoms. The Morgan fingerprint density at radius 1 is 0.909 bits per heavy atom. The van der Waals surface area contributed by atoms with Crippen molar-refractivity contribution in [1.29, 1.82) is 0 Å². The molecular weight excluding hydrogens is 432 g/mol. The summed E-state index contributed by atoms with van der Waals surface area (Å²) in [5, 5.41) is 1.15. The van der Waals surface area contributed by atoms with Gasteiger partial charge in [-0.05, 0) is 61.3 Å². The second kappa shape index (κ2) is 9.00. The minimum absolute atomic E-state index is 0.276. The molecule has 5 rings (SSSR count). The number of pyridine rings is 1. The van der Waals surface area contributed by atoms with Gasteiger partial charge in [-0.25, -0.2) is 13.4 Å². The van der Waals surface area contributed by atoms with Crippen molar-refractivity contribution in [3.63, 3.8) is 0 Å². The molecule has 1 saturated heterocycles. The molecule has 4 aromatic rings. The van der Waals surface area contributed by atoms with Crippen molar-refractivity contribution in [2.24, 2.45) is 0 Å². The number of aryl methyl sites for hydroxylation is 1. The number of hydrogen-bond donors (Lipinski definition) is 1. The molecule has 0 aliphatic carbocycles. The van der Waals surface area contributed by atoms with Gasteiger partial charge in [0, 0.05) is 41.6 Å². The maximum Gasteiger partial charge on any atom is 0.152 e. The van der Waals surface area contributed by atoms with Gasteiger partial charge in [-0.1, -0.05) is 30.3 Å². The fourth-order valence-electron chi connectivity index (χ4n) is 4.44. The number of para-hydroxylation sites is 1. The van der Waals surface area contributed by atoms with Crippen molar-refractivity contribution < 1.29 is 8.42 Å². The SMILES string of the molecule is Nc1ccc(-c2ccc3c(CCCN4CCS(=O)(=O)CC4)cn(-c4ccccc4)c3n2)cc1. The molecule has 0 radical (unpaired) electrons. The lowest BCUT2D eigenvalue weighted by Gasteiger charge is -2.26. The Morgan fingerprint density at radius 2 is 1.64 bits per heavy atom. The zero-order valence-corrected chi connectivity index (χ0v) is 19.3. The standard InChI is InChI=1S/C26H28N4O2S/c27-22-10-8-20(9-11-22)25-13-12-24-21(5-4-14-29-15-17-33(31,32)18-16-29)19-30(26(24)28-25)23-6-2-1-3-7-23/h1-3,6-13,19H,4-5,14-18,27H2. The van der Waals surface area contributed by atoms with E-state index in [4.69, 9.17) is 10.7 Å². The summed E-state index contributed by atoms with van der Waals surface area (Å²) in [6, 6.07) is 22.3. The van der Waals surface area contributed by atoms with Crippen molar-refractivity contribution in [3.8, 4) is 16.9 Å². The number of hydrogen-bond acceptors (Lipinski definition) is 5. The maximum atomic E-state index is 11.7. The smallest absolute Gasteiger partial charge is 0.152 e. The minimum atomic E-state index is -2.84. The Bertz CT molecular complexity index is 1350. The maximum absolute atomic E-state index is 11.7. The first-order valence-corrected chi connectivity index (χ1v) is 13.2. The van der Waals surface area contributed by atoms with Crippen molar-refractivity contribution in [1.82, 2.24) is 14.5 Å². The van der Waals surface area contributed by atoms with Crippen LogP contribution in [0.25, 0.3) is 28.0 Å². The first kappa shape index (κ1) is 21.7. The molecule has 6 nitrogen and oxygen atoms in total. The minimum Gasteiger partial charge on any atom is -0.399 e. The lowest BCUT2D eigenvalue weighted by molar-refractivity contribution is 0.292. The second-order valence-corrected chi connectivity index (χ2v) is 11.0. The van der Waals surface area contributed by atoms with Crippen LogP contribution in [-0.4, -0.2) is 54.0 Å². The quantitative estimate of drug-likeness (QED) is 0.441. The molecule has 3 heterocycles. The summed E-state index contributed by atoms with van der Waals surface area (Å²) >= 11 is 0. The molecule has 2 N–H and O–H groups in total. The van der Waals surface area contributed by atoms with Crippen LogP contribution in [0.1, 0.15) is 12.0 Å². The second-order valence-electron chi connectivity index (χ2n) is 8.65. The van der Waals surface area contributed by atoms with E-state index in [1.807, 2.05) is 42.5 Å². The summed E-state index contributed by atoms with van der Waals surface area (Å²) in [5.74, 6) is 0.552. The number of aromatic nitrogens is 2. The summed E-state index contributed by atoms with van der Waals surface area (Å²) in [6.45, 7) is 2.19. The number of sulfone groups is 1. The van der Waals surface area contributed by atoms with Crippen LogP contribution in [-0.2, 0) is 16.3 Å². The van der Waals surface area contributed by atoms with Crippen molar-refractivity contribution in [2.45, 2.75) is 12.8 Å². The van der Waals surface area contributed by atoms with Crippen LogP contribution < -0.4 is 5.73 Å². The largest absolute Gasteiger partial charge is 0.399 e. The van der Waals surface area contributed by atoms with Gasteiger partial charge in [0.25, 0.3) is 0 Å². The number of nitrogens with two attached hydrogens (primary N) is 1. The average Bonchev–Trinajstić information content (AvgIpc) is 3.19. The third-order valence-corrected chi connectivity index (χ3v) is 7.94. The highest BCUT2D eigenvalue weighted by molar-refractivity contribution is 7.91. The van der Waals surface area contributed by atoms with Gasteiger partial charge < -0.3 is 15.2 Å². The van der Waals surface area contributed by atoms with Gasteiger partial charge >= 0.3 is 0 Å². The molecule has 7 heteroatoms. The van der Waals surface area contributed by atoms with Crippen LogP contribution in [0.4, 0.5) is 5.69 Å². The van der Waals surface area contributed by atoms with E-state index in [1.54, 1.807) is 0 Å². The Kier molecular flexibility index (Phi) is 5.91. The topological polar surface area (TPSA) is 81.2 Å². The van der Waals surface area contributed by atoms with Gasteiger partial charge in [-0.3, -0.25) is 0 Å². The highest BCUT2D eigenvalue weighted by Gasteiger charge is 2.21. The van der Waals surface area contributed by atoms with E-state index in [-0.39, 0.29) is 11.5 Å². The zero-order valence-electron chi connectivity index (χ0n) is 18.5. The first-order chi connectivity index (χ1) is 16.0.